The van der Waals surface area contributed by atoms with Gasteiger partial charge in [0.25, 0.3) is 5.69 Å². The average Bonchev–Trinajstić information content (AvgIpc) is 3.33. The average molecular weight is 595 g/mol. The van der Waals surface area contributed by atoms with Crippen LogP contribution in [0, 0.1) is 10.1 Å². The van der Waals surface area contributed by atoms with Gasteiger partial charge in [-0.25, -0.2) is 9.59 Å². The van der Waals surface area contributed by atoms with Crippen LogP contribution in [0.15, 0.2) is 71.1 Å². The highest BCUT2D eigenvalue weighted by Gasteiger charge is 2.38. The molecule has 1 fully saturated rings. The molecule has 0 radical (unpaired) electrons. The van der Waals surface area contributed by atoms with Gasteiger partial charge in [0, 0.05) is 23.5 Å². The molecule has 43 heavy (non-hydrogen) atoms. The van der Waals surface area contributed by atoms with Crippen molar-refractivity contribution in [3.63, 3.8) is 0 Å². The maximum Gasteiger partial charge on any atom is 0.336 e. The maximum atomic E-state index is 13.4. The number of nitrogens with zero attached hydrogens (tertiary/aromatic N) is 1. The van der Waals surface area contributed by atoms with Gasteiger partial charge in [-0.1, -0.05) is 24.3 Å². The van der Waals surface area contributed by atoms with Gasteiger partial charge in [-0.3, -0.25) is 10.1 Å². The fourth-order valence-corrected chi connectivity index (χ4v) is 5.26. The minimum absolute atomic E-state index is 0.102. The summed E-state index contributed by atoms with van der Waals surface area (Å²) >= 11 is 0. The van der Waals surface area contributed by atoms with E-state index >= 15 is 0 Å². The SMILES string of the molecule is COC(=O)C1=C(C)NC(C)=C(C(=O)OCCCCc2ccc(OCC3COC(C)(C)O3)cc2)C1c1cccc([N+](=O)[O-])c1. The molecule has 230 valence electrons. The Kier molecular flexibility index (Phi) is 10.2. The van der Waals surface area contributed by atoms with Gasteiger partial charge in [-0.15, -0.1) is 0 Å². The first-order valence-electron chi connectivity index (χ1n) is 14.2. The molecule has 0 bridgehead atoms. The van der Waals surface area contributed by atoms with Gasteiger partial charge >= 0.3 is 11.9 Å². The van der Waals surface area contributed by atoms with E-state index in [1.54, 1.807) is 19.9 Å². The number of ether oxygens (including phenoxy) is 5. The van der Waals surface area contributed by atoms with Crippen molar-refractivity contribution >= 4 is 17.6 Å². The van der Waals surface area contributed by atoms with Crippen LogP contribution in [-0.4, -0.2) is 55.7 Å². The van der Waals surface area contributed by atoms with E-state index in [1.165, 1.54) is 25.3 Å². The van der Waals surface area contributed by atoms with Crippen LogP contribution in [0.5, 0.6) is 5.75 Å². The standard InChI is InChI=1S/C32H38N2O9/c1-20-27(30(35)39-5)29(23-10-8-11-24(17-23)34(37)38)28(21(2)33-20)31(36)40-16-7-6-9-22-12-14-25(15-13-22)41-18-26-19-42-32(3,4)43-26/h8,10-15,17,26,29,33H,6-7,9,16,18-19H2,1-5H3. The van der Waals surface area contributed by atoms with Crippen LogP contribution in [0.3, 0.4) is 0 Å². The zero-order chi connectivity index (χ0) is 31.1. The first-order valence-corrected chi connectivity index (χ1v) is 14.2. The number of esters is 2. The molecule has 11 nitrogen and oxygen atoms in total. The third-order valence-corrected chi connectivity index (χ3v) is 7.32. The molecule has 0 saturated carbocycles. The van der Waals surface area contributed by atoms with E-state index in [4.69, 9.17) is 23.7 Å². The highest BCUT2D eigenvalue weighted by Crippen LogP contribution is 2.40. The Balaban J connectivity index is 1.33. The van der Waals surface area contributed by atoms with Crippen LogP contribution >= 0.6 is 0 Å². The van der Waals surface area contributed by atoms with E-state index in [-0.39, 0.29) is 29.5 Å². The molecule has 1 N–H and O–H groups in total. The second kappa shape index (κ2) is 13.8. The minimum Gasteiger partial charge on any atom is -0.491 e. The smallest absolute Gasteiger partial charge is 0.336 e. The molecule has 2 heterocycles. The van der Waals surface area contributed by atoms with E-state index in [0.29, 0.717) is 36.6 Å². The quantitative estimate of drug-likeness (QED) is 0.153. The number of methoxy groups -OCH3 is 1. The van der Waals surface area contributed by atoms with E-state index in [1.807, 2.05) is 38.1 Å². The van der Waals surface area contributed by atoms with Gasteiger partial charge in [0.2, 0.25) is 0 Å². The van der Waals surface area contributed by atoms with Crippen molar-refractivity contribution in [2.75, 3.05) is 26.9 Å². The number of nitrogens with one attached hydrogen (secondary N) is 1. The number of allylic oxidation sites excluding steroid dienone is 2. The Labute approximate surface area is 250 Å². The number of nitro groups is 1. The number of unbranched alkanes of at least 4 members (excludes halogenated alkanes) is 1. The predicted molar refractivity (Wildman–Crippen MR) is 157 cm³/mol. The van der Waals surface area contributed by atoms with Crippen molar-refractivity contribution in [3.8, 4) is 5.75 Å². The molecule has 2 aromatic rings. The first kappa shape index (κ1) is 31.7. The van der Waals surface area contributed by atoms with Crippen molar-refractivity contribution in [2.24, 2.45) is 0 Å². The summed E-state index contributed by atoms with van der Waals surface area (Å²) in [5.74, 6) is -1.95. The van der Waals surface area contributed by atoms with Crippen LogP contribution in [0.2, 0.25) is 0 Å². The largest absolute Gasteiger partial charge is 0.491 e. The third kappa shape index (κ3) is 7.99. The number of hydrogen-bond donors (Lipinski definition) is 1. The van der Waals surface area contributed by atoms with Gasteiger partial charge in [-0.2, -0.15) is 0 Å². The minimum atomic E-state index is -0.888. The number of aryl methyl sites for hydroxylation is 1. The molecule has 0 aliphatic carbocycles. The van der Waals surface area contributed by atoms with Gasteiger partial charge in [0.05, 0.1) is 42.3 Å². The van der Waals surface area contributed by atoms with E-state index in [9.17, 15) is 19.7 Å². The zero-order valence-corrected chi connectivity index (χ0v) is 25.1. The number of dihydropyridines is 1. The molecule has 0 aromatic heterocycles. The monoisotopic (exact) mass is 594 g/mol. The Morgan fingerprint density at radius 3 is 2.37 bits per heavy atom. The van der Waals surface area contributed by atoms with E-state index in [0.717, 1.165) is 24.2 Å². The highest BCUT2D eigenvalue weighted by atomic mass is 16.7. The molecule has 2 aromatic carbocycles. The zero-order valence-electron chi connectivity index (χ0n) is 25.1. The Morgan fingerprint density at radius 2 is 1.74 bits per heavy atom. The lowest BCUT2D eigenvalue weighted by Gasteiger charge is -2.30. The Morgan fingerprint density at radius 1 is 1.05 bits per heavy atom. The number of benzene rings is 2. The summed E-state index contributed by atoms with van der Waals surface area (Å²) in [6.45, 7) is 8.25. The van der Waals surface area contributed by atoms with Crippen LogP contribution in [0.25, 0.3) is 0 Å². The molecule has 0 amide bonds. The Bertz CT molecular complexity index is 1410. The molecule has 2 aliphatic heterocycles. The van der Waals surface area contributed by atoms with Crippen LogP contribution in [0.1, 0.15) is 57.6 Å². The summed E-state index contributed by atoms with van der Waals surface area (Å²) in [5.41, 5.74) is 2.81. The molecule has 4 rings (SSSR count). The molecule has 2 atom stereocenters. The van der Waals surface area contributed by atoms with E-state index in [2.05, 4.69) is 5.32 Å². The van der Waals surface area contributed by atoms with Crippen molar-refractivity contribution in [1.29, 1.82) is 0 Å². The number of non-ortho nitro benzene ring substituents is 1. The summed E-state index contributed by atoms with van der Waals surface area (Å²) in [7, 11) is 1.25. The number of rotatable bonds is 12. The molecular weight excluding hydrogens is 556 g/mol. The van der Waals surface area contributed by atoms with Crippen LogP contribution in [0.4, 0.5) is 5.69 Å². The van der Waals surface area contributed by atoms with Gasteiger partial charge in [0.1, 0.15) is 18.5 Å². The lowest BCUT2D eigenvalue weighted by molar-refractivity contribution is -0.384. The lowest BCUT2D eigenvalue weighted by atomic mass is 9.80. The summed E-state index contributed by atoms with van der Waals surface area (Å²) < 4.78 is 27.8. The lowest BCUT2D eigenvalue weighted by Crippen LogP contribution is -2.32. The second-order valence-electron chi connectivity index (χ2n) is 11.0. The predicted octanol–water partition coefficient (Wildman–Crippen LogP) is 5.10. The molecule has 2 aliphatic rings. The summed E-state index contributed by atoms with van der Waals surface area (Å²) in [6.07, 6.45) is 2.10. The van der Waals surface area contributed by atoms with Crippen molar-refractivity contribution in [2.45, 2.75) is 64.8 Å². The molecule has 11 heteroatoms. The maximum absolute atomic E-state index is 13.4. The van der Waals surface area contributed by atoms with Gasteiger partial charge in [0.15, 0.2) is 5.79 Å². The molecular formula is C32H38N2O9. The summed E-state index contributed by atoms with van der Waals surface area (Å²) in [6, 6.07) is 13.7. The van der Waals surface area contributed by atoms with Crippen molar-refractivity contribution in [3.05, 3.63) is 92.3 Å². The first-order chi connectivity index (χ1) is 20.5. The Hall–Kier alpha value is -4.22. The summed E-state index contributed by atoms with van der Waals surface area (Å²) in [5, 5.41) is 14.5. The summed E-state index contributed by atoms with van der Waals surface area (Å²) in [4.78, 5) is 37.1. The molecule has 0 spiro atoms. The number of carbonyl (C=O) groups is 2. The van der Waals surface area contributed by atoms with Crippen molar-refractivity contribution in [1.82, 2.24) is 5.32 Å². The van der Waals surface area contributed by atoms with Crippen molar-refractivity contribution < 1.29 is 38.2 Å². The highest BCUT2D eigenvalue weighted by molar-refractivity contribution is 5.99. The van der Waals surface area contributed by atoms with Crippen LogP contribution < -0.4 is 10.1 Å². The van der Waals surface area contributed by atoms with Gasteiger partial charge in [-0.05, 0) is 70.2 Å². The third-order valence-electron chi connectivity index (χ3n) is 7.32. The van der Waals surface area contributed by atoms with Crippen LogP contribution in [-0.2, 0) is 35.0 Å². The molecule has 1 saturated heterocycles. The number of hydrogen-bond acceptors (Lipinski definition) is 10. The van der Waals surface area contributed by atoms with Gasteiger partial charge < -0.3 is 29.0 Å². The number of nitro benzene ring substituents is 1. The normalized spacial score (nSPS) is 19.6. The topological polar surface area (TPSA) is 135 Å². The van der Waals surface area contributed by atoms with E-state index < -0.39 is 28.6 Å². The fraction of sp³-hybridized carbons (Fsp3) is 0.438. The second-order valence-corrected chi connectivity index (χ2v) is 11.0. The fourth-order valence-electron chi connectivity index (χ4n) is 5.26. The number of carbonyl (C=O) groups excluding carboxylic acids is 2. The molecule has 2 unspecified atom stereocenters.